The van der Waals surface area contributed by atoms with E-state index in [2.05, 4.69) is 160 Å². The number of benzene rings is 6. The lowest BCUT2D eigenvalue weighted by atomic mass is 9.43. The summed E-state index contributed by atoms with van der Waals surface area (Å²) in [6, 6.07) is 49.4. The third kappa shape index (κ3) is 4.62. The zero-order valence-electron chi connectivity index (χ0n) is 31.8. The molecule has 0 N–H and O–H groups in total. The Balaban J connectivity index is 1.09. The first-order chi connectivity index (χ1) is 25.7. The standard InChI is InChI=1S/C52H51N/c1-50(2)23-24-51(3,4)49-32-43(20-22-47(49)50)53(41-17-15-36(16-18-41)38-14-13-35-9-5-6-10-37(35)30-38)42-19-21-45-44-11-7-8-12-46(44)52(48(45)31-42)39-26-33-25-34(28-39)29-40(52)27-33/h5-22,30-34,39-40H,23-29H2,1-4H3. The molecule has 12 rings (SSSR count). The van der Waals surface area contributed by atoms with Crippen molar-refractivity contribution in [1.82, 2.24) is 0 Å². The molecule has 1 heteroatoms. The molecule has 1 nitrogen and oxygen atoms in total. The van der Waals surface area contributed by atoms with Crippen LogP contribution in [0.4, 0.5) is 17.1 Å². The smallest absolute Gasteiger partial charge is 0.0465 e. The molecule has 0 unspecified atom stereocenters. The molecular formula is C52H51N. The van der Waals surface area contributed by atoms with Crippen LogP contribution in [-0.4, -0.2) is 0 Å². The summed E-state index contributed by atoms with van der Waals surface area (Å²) in [5.41, 5.74) is 16.0. The van der Waals surface area contributed by atoms with Crippen molar-refractivity contribution in [3.05, 3.63) is 150 Å². The summed E-state index contributed by atoms with van der Waals surface area (Å²) >= 11 is 0. The summed E-state index contributed by atoms with van der Waals surface area (Å²) < 4.78 is 0. The van der Waals surface area contributed by atoms with Gasteiger partial charge in [0.05, 0.1) is 0 Å². The summed E-state index contributed by atoms with van der Waals surface area (Å²) in [5.74, 6) is 3.36. The van der Waals surface area contributed by atoms with Crippen molar-refractivity contribution in [1.29, 1.82) is 0 Å². The van der Waals surface area contributed by atoms with Gasteiger partial charge in [-0.2, -0.15) is 0 Å². The molecule has 4 saturated carbocycles. The lowest BCUT2D eigenvalue weighted by Crippen LogP contribution is -2.55. The SMILES string of the molecule is CC1(C)CCC(C)(C)c2cc(N(c3ccc(-c4ccc5ccccc5c4)cc3)c3ccc4c(c3)C3(c5ccccc5-4)C4CC5CC(C4)CC3C5)ccc21. The van der Waals surface area contributed by atoms with Crippen LogP contribution in [0.15, 0.2) is 127 Å². The summed E-state index contributed by atoms with van der Waals surface area (Å²) in [6.45, 7) is 9.78. The Bertz CT molecular complexity index is 2400. The molecule has 0 radical (unpaired) electrons. The van der Waals surface area contributed by atoms with Crippen molar-refractivity contribution in [3.8, 4) is 22.3 Å². The molecule has 0 amide bonds. The average Bonchev–Trinajstić information content (AvgIpc) is 3.46. The number of rotatable bonds is 4. The van der Waals surface area contributed by atoms with Gasteiger partial charge in [-0.25, -0.2) is 0 Å². The van der Waals surface area contributed by atoms with Crippen LogP contribution in [0.1, 0.15) is 94.9 Å². The number of hydrogen-bond acceptors (Lipinski definition) is 1. The third-order valence-corrected chi connectivity index (χ3v) is 15.1. The van der Waals surface area contributed by atoms with Gasteiger partial charge in [0.1, 0.15) is 0 Å². The fourth-order valence-electron chi connectivity index (χ4n) is 12.6. The van der Waals surface area contributed by atoms with E-state index >= 15 is 0 Å². The Hall–Kier alpha value is -4.62. The largest absolute Gasteiger partial charge is 0.310 e. The van der Waals surface area contributed by atoms with Crippen molar-refractivity contribution in [2.24, 2.45) is 23.7 Å². The fourth-order valence-corrected chi connectivity index (χ4v) is 12.6. The molecule has 6 aromatic carbocycles. The van der Waals surface area contributed by atoms with E-state index in [0.717, 1.165) is 23.7 Å². The van der Waals surface area contributed by atoms with Crippen LogP contribution in [0.2, 0.25) is 0 Å². The maximum atomic E-state index is 2.66. The molecule has 264 valence electrons. The quantitative estimate of drug-likeness (QED) is 0.178. The molecule has 1 spiro atoms. The fraction of sp³-hybridized carbons (Fsp3) is 0.346. The van der Waals surface area contributed by atoms with Gasteiger partial charge in [-0.15, -0.1) is 0 Å². The zero-order chi connectivity index (χ0) is 35.7. The Morgan fingerprint density at radius 2 is 1.00 bits per heavy atom. The number of anilines is 3. The van der Waals surface area contributed by atoms with Gasteiger partial charge in [-0.3, -0.25) is 0 Å². The Morgan fingerprint density at radius 3 is 1.74 bits per heavy atom. The van der Waals surface area contributed by atoms with Crippen LogP contribution >= 0.6 is 0 Å². The lowest BCUT2D eigenvalue weighted by Gasteiger charge is -2.61. The van der Waals surface area contributed by atoms with Crippen molar-refractivity contribution in [3.63, 3.8) is 0 Å². The molecule has 0 heterocycles. The van der Waals surface area contributed by atoms with E-state index in [0.29, 0.717) is 0 Å². The van der Waals surface area contributed by atoms with E-state index < -0.39 is 0 Å². The lowest BCUT2D eigenvalue weighted by molar-refractivity contribution is -0.0399. The van der Waals surface area contributed by atoms with Gasteiger partial charge in [-0.05, 0) is 177 Å². The van der Waals surface area contributed by atoms with Gasteiger partial charge >= 0.3 is 0 Å². The maximum Gasteiger partial charge on any atom is 0.0465 e. The number of nitrogens with zero attached hydrogens (tertiary/aromatic N) is 1. The molecule has 4 bridgehead atoms. The second kappa shape index (κ2) is 11.2. The van der Waals surface area contributed by atoms with Crippen LogP contribution in [0.25, 0.3) is 33.0 Å². The minimum absolute atomic E-state index is 0.135. The molecule has 0 aliphatic heterocycles. The Labute approximate surface area is 316 Å². The van der Waals surface area contributed by atoms with Gasteiger partial charge in [0, 0.05) is 22.5 Å². The third-order valence-electron chi connectivity index (χ3n) is 15.1. The summed E-state index contributed by atoms with van der Waals surface area (Å²) in [4.78, 5) is 2.58. The topological polar surface area (TPSA) is 3.24 Å². The monoisotopic (exact) mass is 689 g/mol. The predicted molar refractivity (Wildman–Crippen MR) is 223 cm³/mol. The second-order valence-corrected chi connectivity index (χ2v) is 18.9. The van der Waals surface area contributed by atoms with Gasteiger partial charge in [0.15, 0.2) is 0 Å². The molecule has 0 aromatic heterocycles. The van der Waals surface area contributed by atoms with Crippen molar-refractivity contribution >= 4 is 27.8 Å². The minimum Gasteiger partial charge on any atom is -0.310 e. The molecule has 6 aromatic rings. The van der Waals surface area contributed by atoms with E-state index in [1.54, 1.807) is 11.1 Å². The first-order valence-electron chi connectivity index (χ1n) is 20.5. The highest BCUT2D eigenvalue weighted by atomic mass is 15.1. The summed E-state index contributed by atoms with van der Waals surface area (Å²) in [7, 11) is 0. The van der Waals surface area contributed by atoms with E-state index in [9.17, 15) is 0 Å². The van der Waals surface area contributed by atoms with E-state index in [-0.39, 0.29) is 16.2 Å². The predicted octanol–water partition coefficient (Wildman–Crippen LogP) is 14.0. The molecule has 0 saturated heterocycles. The van der Waals surface area contributed by atoms with Crippen molar-refractivity contribution in [2.75, 3.05) is 4.90 Å². The van der Waals surface area contributed by atoms with E-state index in [1.807, 2.05) is 0 Å². The van der Waals surface area contributed by atoms with Crippen LogP contribution in [0, 0.1) is 23.7 Å². The second-order valence-electron chi connectivity index (χ2n) is 18.9. The molecule has 0 atom stereocenters. The van der Waals surface area contributed by atoms with Crippen LogP contribution in [0.3, 0.4) is 0 Å². The van der Waals surface area contributed by atoms with Gasteiger partial charge in [0.2, 0.25) is 0 Å². The normalized spacial score (nSPS) is 26.7. The molecular weight excluding hydrogens is 639 g/mol. The number of hydrogen-bond donors (Lipinski definition) is 0. The minimum atomic E-state index is 0.135. The first-order valence-corrected chi connectivity index (χ1v) is 20.5. The zero-order valence-corrected chi connectivity index (χ0v) is 31.8. The maximum absolute atomic E-state index is 2.66. The molecule has 6 aliphatic rings. The highest BCUT2D eigenvalue weighted by Gasteiger charge is 2.61. The van der Waals surface area contributed by atoms with Crippen LogP contribution in [-0.2, 0) is 16.2 Å². The van der Waals surface area contributed by atoms with E-state index in [1.165, 1.54) is 106 Å². The van der Waals surface area contributed by atoms with Crippen molar-refractivity contribution < 1.29 is 0 Å². The van der Waals surface area contributed by atoms with Crippen LogP contribution in [0.5, 0.6) is 0 Å². The Morgan fingerprint density at radius 1 is 0.434 bits per heavy atom. The van der Waals surface area contributed by atoms with Gasteiger partial charge < -0.3 is 4.90 Å². The highest BCUT2D eigenvalue weighted by molar-refractivity contribution is 5.89. The van der Waals surface area contributed by atoms with Gasteiger partial charge in [0.25, 0.3) is 0 Å². The van der Waals surface area contributed by atoms with Gasteiger partial charge in [-0.1, -0.05) is 113 Å². The molecule has 4 fully saturated rings. The molecule has 6 aliphatic carbocycles. The molecule has 53 heavy (non-hydrogen) atoms. The summed E-state index contributed by atoms with van der Waals surface area (Å²) in [6.07, 6.45) is 9.53. The first kappa shape index (κ1) is 31.9. The van der Waals surface area contributed by atoms with E-state index in [4.69, 9.17) is 0 Å². The van der Waals surface area contributed by atoms with Crippen LogP contribution < -0.4 is 4.90 Å². The summed E-state index contributed by atoms with van der Waals surface area (Å²) in [5, 5.41) is 2.57. The number of fused-ring (bicyclic) bond motifs is 5. The Kier molecular flexibility index (Phi) is 6.74. The van der Waals surface area contributed by atoms with Crippen molar-refractivity contribution in [2.45, 2.75) is 88.9 Å². The highest BCUT2D eigenvalue weighted by Crippen LogP contribution is 2.69. The average molecular weight is 690 g/mol.